The second kappa shape index (κ2) is 5.68. The molecule has 1 aliphatic heterocycles. The maximum atomic E-state index is 12.1. The number of aryl methyl sites for hydroxylation is 1. The molecular weight excluding hydrogens is 266 g/mol. The van der Waals surface area contributed by atoms with Gasteiger partial charge in [0.1, 0.15) is 18.0 Å². The zero-order valence-electron chi connectivity index (χ0n) is 12.5. The van der Waals surface area contributed by atoms with E-state index < -0.39 is 5.60 Å². The molecule has 1 N–H and O–H groups in total. The van der Waals surface area contributed by atoms with Crippen molar-refractivity contribution < 1.29 is 14.6 Å². The normalized spacial score (nSPS) is 25.7. The monoisotopic (exact) mass is 289 g/mol. The summed E-state index contributed by atoms with van der Waals surface area (Å²) < 4.78 is 5.72. The predicted octanol–water partition coefficient (Wildman–Crippen LogP) is 2.14. The Morgan fingerprint density at radius 3 is 2.76 bits per heavy atom. The van der Waals surface area contributed by atoms with E-state index in [0.29, 0.717) is 13.0 Å². The number of carbonyl (C=O) groups is 1. The van der Waals surface area contributed by atoms with Crippen LogP contribution in [-0.4, -0.2) is 41.2 Å². The Balaban J connectivity index is 1.57. The van der Waals surface area contributed by atoms with Gasteiger partial charge in [0.15, 0.2) is 0 Å². The second-order valence-corrected chi connectivity index (χ2v) is 6.46. The first-order valence-electron chi connectivity index (χ1n) is 7.76. The van der Waals surface area contributed by atoms with Gasteiger partial charge in [0.2, 0.25) is 5.91 Å². The van der Waals surface area contributed by atoms with E-state index in [4.69, 9.17) is 4.74 Å². The first-order chi connectivity index (χ1) is 10.1. The number of nitrogens with zero attached hydrogens (tertiary/aromatic N) is 1. The van der Waals surface area contributed by atoms with E-state index in [2.05, 4.69) is 0 Å². The molecule has 0 aromatic heterocycles. The average Bonchev–Trinajstić information content (AvgIpc) is 3.31. The number of amides is 1. The standard InChI is InChI=1S/C17H23NO3/c1-13-3-7-15(8-4-13)21-12-17(20)9-2-10-18(11-17)16(19)14-5-6-14/h3-4,7-8,14,20H,2,5-6,9-12H2,1H3. The molecule has 1 aromatic carbocycles. The summed E-state index contributed by atoms with van der Waals surface area (Å²) in [5.74, 6) is 1.19. The van der Waals surface area contributed by atoms with Crippen LogP contribution in [0.2, 0.25) is 0 Å². The van der Waals surface area contributed by atoms with Gasteiger partial charge < -0.3 is 14.7 Å². The number of ether oxygens (including phenoxy) is 1. The lowest BCUT2D eigenvalue weighted by atomic mass is 9.93. The van der Waals surface area contributed by atoms with Crippen LogP contribution in [0.3, 0.4) is 0 Å². The van der Waals surface area contributed by atoms with Crippen LogP contribution in [-0.2, 0) is 4.79 Å². The quantitative estimate of drug-likeness (QED) is 0.924. The molecule has 2 aliphatic rings. The molecule has 1 unspecified atom stereocenters. The van der Waals surface area contributed by atoms with Crippen LogP contribution in [0.4, 0.5) is 0 Å². The summed E-state index contributed by atoms with van der Waals surface area (Å²) in [4.78, 5) is 14.0. The van der Waals surface area contributed by atoms with Gasteiger partial charge >= 0.3 is 0 Å². The van der Waals surface area contributed by atoms with Gasteiger partial charge in [0.25, 0.3) is 0 Å². The molecule has 4 nitrogen and oxygen atoms in total. The van der Waals surface area contributed by atoms with E-state index in [1.165, 1.54) is 5.56 Å². The summed E-state index contributed by atoms with van der Waals surface area (Å²) >= 11 is 0. The summed E-state index contributed by atoms with van der Waals surface area (Å²) in [6, 6.07) is 7.80. The van der Waals surface area contributed by atoms with Gasteiger partial charge in [0.05, 0.1) is 6.54 Å². The molecule has 1 atom stereocenters. The Morgan fingerprint density at radius 1 is 1.38 bits per heavy atom. The van der Waals surface area contributed by atoms with Gasteiger partial charge in [-0.1, -0.05) is 17.7 Å². The third-order valence-corrected chi connectivity index (χ3v) is 4.32. The van der Waals surface area contributed by atoms with E-state index in [0.717, 1.165) is 31.6 Å². The van der Waals surface area contributed by atoms with Gasteiger partial charge in [-0.3, -0.25) is 4.79 Å². The Hall–Kier alpha value is -1.55. The van der Waals surface area contributed by atoms with Crippen molar-refractivity contribution in [1.82, 2.24) is 4.90 Å². The van der Waals surface area contributed by atoms with Gasteiger partial charge in [-0.2, -0.15) is 0 Å². The van der Waals surface area contributed by atoms with Crippen molar-refractivity contribution in [3.8, 4) is 5.75 Å². The molecule has 1 aromatic rings. The van der Waals surface area contributed by atoms with E-state index in [1.54, 1.807) is 0 Å². The molecule has 1 heterocycles. The maximum absolute atomic E-state index is 12.1. The topological polar surface area (TPSA) is 49.8 Å². The van der Waals surface area contributed by atoms with Crippen LogP contribution in [0, 0.1) is 12.8 Å². The molecule has 0 spiro atoms. The number of likely N-dealkylation sites (tertiary alicyclic amines) is 1. The third-order valence-electron chi connectivity index (χ3n) is 4.32. The molecule has 114 valence electrons. The molecule has 1 saturated carbocycles. The highest BCUT2D eigenvalue weighted by atomic mass is 16.5. The SMILES string of the molecule is Cc1ccc(OCC2(O)CCCN(C(=O)C3CC3)C2)cc1. The van der Waals surface area contributed by atoms with Crippen molar-refractivity contribution in [1.29, 1.82) is 0 Å². The van der Waals surface area contributed by atoms with E-state index >= 15 is 0 Å². The molecule has 4 heteroatoms. The van der Waals surface area contributed by atoms with Crippen LogP contribution in [0.15, 0.2) is 24.3 Å². The number of hydrogen-bond donors (Lipinski definition) is 1. The third kappa shape index (κ3) is 3.56. The minimum Gasteiger partial charge on any atom is -0.491 e. The molecule has 2 fully saturated rings. The van der Waals surface area contributed by atoms with Crippen molar-refractivity contribution >= 4 is 5.91 Å². The van der Waals surface area contributed by atoms with Gasteiger partial charge in [0, 0.05) is 12.5 Å². The fraction of sp³-hybridized carbons (Fsp3) is 0.588. The average molecular weight is 289 g/mol. The Morgan fingerprint density at radius 2 is 2.10 bits per heavy atom. The van der Waals surface area contributed by atoms with Gasteiger partial charge in [-0.15, -0.1) is 0 Å². The Kier molecular flexibility index (Phi) is 3.89. The van der Waals surface area contributed by atoms with E-state index in [9.17, 15) is 9.90 Å². The molecule has 1 saturated heterocycles. The minimum atomic E-state index is -0.923. The number of carbonyl (C=O) groups excluding carboxylic acids is 1. The van der Waals surface area contributed by atoms with Crippen LogP contribution in [0.1, 0.15) is 31.2 Å². The number of rotatable bonds is 4. The van der Waals surface area contributed by atoms with Crippen molar-refractivity contribution in [2.45, 2.75) is 38.2 Å². The summed E-state index contributed by atoms with van der Waals surface area (Å²) in [6.45, 7) is 3.43. The zero-order valence-corrected chi connectivity index (χ0v) is 12.5. The number of β-amino-alcohol motifs (C(OH)–C–C–N with tert-alkyl or cyclic N) is 1. The number of aliphatic hydroxyl groups is 1. The first kappa shape index (κ1) is 14.4. The zero-order chi connectivity index (χ0) is 14.9. The van der Waals surface area contributed by atoms with E-state index in [-0.39, 0.29) is 18.4 Å². The van der Waals surface area contributed by atoms with Crippen LogP contribution >= 0.6 is 0 Å². The number of benzene rings is 1. The van der Waals surface area contributed by atoms with Crippen molar-refractivity contribution in [2.75, 3.05) is 19.7 Å². The highest BCUT2D eigenvalue weighted by Gasteiger charge is 2.40. The molecular formula is C17H23NO3. The van der Waals surface area contributed by atoms with Crippen LogP contribution in [0.25, 0.3) is 0 Å². The molecule has 21 heavy (non-hydrogen) atoms. The molecule has 0 radical (unpaired) electrons. The lowest BCUT2D eigenvalue weighted by Gasteiger charge is -2.39. The fourth-order valence-electron chi connectivity index (χ4n) is 2.86. The smallest absolute Gasteiger partial charge is 0.225 e. The minimum absolute atomic E-state index is 0.212. The first-order valence-corrected chi connectivity index (χ1v) is 7.76. The fourth-order valence-corrected chi connectivity index (χ4v) is 2.86. The van der Waals surface area contributed by atoms with Crippen LogP contribution in [0.5, 0.6) is 5.75 Å². The summed E-state index contributed by atoms with van der Waals surface area (Å²) in [5.41, 5.74) is 0.258. The van der Waals surface area contributed by atoms with Crippen molar-refractivity contribution in [3.63, 3.8) is 0 Å². The lowest BCUT2D eigenvalue weighted by molar-refractivity contribution is -0.141. The Bertz CT molecular complexity index is 509. The maximum Gasteiger partial charge on any atom is 0.225 e. The molecule has 1 amide bonds. The largest absolute Gasteiger partial charge is 0.491 e. The number of hydrogen-bond acceptors (Lipinski definition) is 3. The Labute approximate surface area is 125 Å². The highest BCUT2D eigenvalue weighted by Crippen LogP contribution is 2.33. The van der Waals surface area contributed by atoms with Crippen molar-refractivity contribution in [2.24, 2.45) is 5.92 Å². The van der Waals surface area contributed by atoms with Crippen molar-refractivity contribution in [3.05, 3.63) is 29.8 Å². The summed E-state index contributed by atoms with van der Waals surface area (Å²) in [7, 11) is 0. The predicted molar refractivity (Wildman–Crippen MR) is 80.2 cm³/mol. The summed E-state index contributed by atoms with van der Waals surface area (Å²) in [6.07, 6.45) is 3.54. The molecule has 3 rings (SSSR count). The summed E-state index contributed by atoms with van der Waals surface area (Å²) in [5, 5.41) is 10.7. The van der Waals surface area contributed by atoms with E-state index in [1.807, 2.05) is 36.1 Å². The number of piperidine rings is 1. The van der Waals surface area contributed by atoms with Gasteiger partial charge in [-0.05, 0) is 44.7 Å². The second-order valence-electron chi connectivity index (χ2n) is 6.46. The van der Waals surface area contributed by atoms with Crippen LogP contribution < -0.4 is 4.74 Å². The lowest BCUT2D eigenvalue weighted by Crippen LogP contribution is -2.53. The molecule has 1 aliphatic carbocycles. The highest BCUT2D eigenvalue weighted by molar-refractivity contribution is 5.81. The molecule has 0 bridgehead atoms. The van der Waals surface area contributed by atoms with Gasteiger partial charge in [-0.25, -0.2) is 0 Å².